The molecule has 3 heterocycles. The van der Waals surface area contributed by atoms with Gasteiger partial charge in [-0.1, -0.05) is 0 Å². The van der Waals surface area contributed by atoms with Crippen LogP contribution in [0.5, 0.6) is 0 Å². The highest BCUT2D eigenvalue weighted by Crippen LogP contribution is 2.23. The lowest BCUT2D eigenvalue weighted by Gasteiger charge is -2.29. The van der Waals surface area contributed by atoms with Gasteiger partial charge in [-0.3, -0.25) is 14.2 Å². The molecule has 2 aliphatic heterocycles. The van der Waals surface area contributed by atoms with Gasteiger partial charge in [-0.25, -0.2) is 4.98 Å². The van der Waals surface area contributed by atoms with E-state index in [2.05, 4.69) is 16.9 Å². The Balaban J connectivity index is 1.60. The molecule has 0 spiro atoms. The summed E-state index contributed by atoms with van der Waals surface area (Å²) in [5.74, 6) is 1.47. The van der Waals surface area contributed by atoms with Crippen molar-refractivity contribution in [3.05, 3.63) is 27.4 Å². The van der Waals surface area contributed by atoms with Crippen LogP contribution in [-0.2, 0) is 24.9 Å². The first-order valence-corrected chi connectivity index (χ1v) is 8.47. The molecular weight excluding hydrogens is 292 g/mol. The van der Waals surface area contributed by atoms with Crippen molar-refractivity contribution in [1.29, 1.82) is 0 Å². The summed E-state index contributed by atoms with van der Waals surface area (Å²) in [6.07, 6.45) is 3.97. The number of aryl methyl sites for hydroxylation is 1. The standard InChI is InChI=1S/C17H26N4O2/c1-12-18-15-11-21(10-14(15)17(23)20(12)3)16(22)7-6-13-5-4-8-19(2)9-13/h13H,4-11H2,1-3H3/t13-/m0/s1. The third-order valence-electron chi connectivity index (χ3n) is 5.22. The maximum absolute atomic E-state index is 12.5. The molecule has 6 heteroatoms. The van der Waals surface area contributed by atoms with Crippen LogP contribution in [0.2, 0.25) is 0 Å². The van der Waals surface area contributed by atoms with Gasteiger partial charge in [-0.05, 0) is 45.7 Å². The van der Waals surface area contributed by atoms with Crippen molar-refractivity contribution in [2.45, 2.75) is 45.7 Å². The first kappa shape index (κ1) is 16.2. The van der Waals surface area contributed by atoms with E-state index in [4.69, 9.17) is 0 Å². The fourth-order valence-electron chi connectivity index (χ4n) is 3.70. The van der Waals surface area contributed by atoms with Crippen LogP contribution < -0.4 is 5.56 Å². The molecule has 0 aromatic carbocycles. The molecule has 0 radical (unpaired) electrons. The molecule has 1 fully saturated rings. The number of piperidine rings is 1. The van der Waals surface area contributed by atoms with Gasteiger partial charge in [0.15, 0.2) is 0 Å². The summed E-state index contributed by atoms with van der Waals surface area (Å²) in [6.45, 7) is 4.98. The quantitative estimate of drug-likeness (QED) is 0.836. The highest BCUT2D eigenvalue weighted by atomic mass is 16.2. The lowest BCUT2D eigenvalue weighted by Crippen LogP contribution is -2.33. The topological polar surface area (TPSA) is 58.4 Å². The first-order valence-electron chi connectivity index (χ1n) is 8.47. The van der Waals surface area contributed by atoms with E-state index in [0.717, 1.165) is 18.7 Å². The monoisotopic (exact) mass is 318 g/mol. The molecular formula is C17H26N4O2. The molecule has 0 N–H and O–H groups in total. The summed E-state index contributed by atoms with van der Waals surface area (Å²) in [5.41, 5.74) is 1.44. The van der Waals surface area contributed by atoms with Crippen molar-refractivity contribution in [3.8, 4) is 0 Å². The fourth-order valence-corrected chi connectivity index (χ4v) is 3.70. The van der Waals surface area contributed by atoms with Gasteiger partial charge in [0, 0.05) is 20.0 Å². The molecule has 23 heavy (non-hydrogen) atoms. The fraction of sp³-hybridized carbons (Fsp3) is 0.706. The molecule has 0 unspecified atom stereocenters. The van der Waals surface area contributed by atoms with Gasteiger partial charge in [-0.15, -0.1) is 0 Å². The molecule has 0 bridgehead atoms. The van der Waals surface area contributed by atoms with Crippen LogP contribution in [0.4, 0.5) is 0 Å². The van der Waals surface area contributed by atoms with Gasteiger partial charge in [0.05, 0.1) is 24.3 Å². The molecule has 126 valence electrons. The molecule has 1 aromatic heterocycles. The van der Waals surface area contributed by atoms with Gasteiger partial charge in [0.1, 0.15) is 5.82 Å². The van der Waals surface area contributed by atoms with Crippen molar-refractivity contribution in [2.24, 2.45) is 13.0 Å². The summed E-state index contributed by atoms with van der Waals surface area (Å²) in [5, 5.41) is 0. The number of carbonyl (C=O) groups excluding carboxylic acids is 1. The number of amides is 1. The minimum Gasteiger partial charge on any atom is -0.332 e. The molecule has 3 rings (SSSR count). The Labute approximate surface area is 137 Å². The highest BCUT2D eigenvalue weighted by molar-refractivity contribution is 5.76. The summed E-state index contributed by atoms with van der Waals surface area (Å²) >= 11 is 0. The predicted octanol–water partition coefficient (Wildman–Crippen LogP) is 1.05. The molecule has 2 aliphatic rings. The maximum atomic E-state index is 12.5. The first-order chi connectivity index (χ1) is 11.0. The molecule has 0 aliphatic carbocycles. The molecule has 1 amide bonds. The van der Waals surface area contributed by atoms with Gasteiger partial charge < -0.3 is 9.80 Å². The number of hydrogen-bond acceptors (Lipinski definition) is 4. The number of likely N-dealkylation sites (tertiary alicyclic amines) is 1. The second-order valence-electron chi connectivity index (χ2n) is 7.01. The van der Waals surface area contributed by atoms with Gasteiger partial charge in [0.2, 0.25) is 5.91 Å². The van der Waals surface area contributed by atoms with E-state index in [1.54, 1.807) is 16.5 Å². The summed E-state index contributed by atoms with van der Waals surface area (Å²) in [4.78, 5) is 33.4. The van der Waals surface area contributed by atoms with E-state index >= 15 is 0 Å². The smallest absolute Gasteiger partial charge is 0.258 e. The average Bonchev–Trinajstić information content (AvgIpc) is 2.94. The minimum absolute atomic E-state index is 0.0169. The number of hydrogen-bond donors (Lipinski definition) is 0. The zero-order valence-corrected chi connectivity index (χ0v) is 14.3. The Morgan fingerprint density at radius 3 is 2.83 bits per heavy atom. The van der Waals surface area contributed by atoms with Crippen LogP contribution in [0.25, 0.3) is 0 Å². The summed E-state index contributed by atoms with van der Waals surface area (Å²) in [6, 6.07) is 0. The van der Waals surface area contributed by atoms with E-state index in [1.165, 1.54) is 19.4 Å². The second-order valence-corrected chi connectivity index (χ2v) is 7.01. The Hall–Kier alpha value is -1.69. The van der Waals surface area contributed by atoms with Crippen LogP contribution in [0.1, 0.15) is 42.8 Å². The number of nitrogens with zero attached hydrogens (tertiary/aromatic N) is 4. The number of fused-ring (bicyclic) bond motifs is 1. The average molecular weight is 318 g/mol. The maximum Gasteiger partial charge on any atom is 0.258 e. The van der Waals surface area contributed by atoms with E-state index in [9.17, 15) is 9.59 Å². The molecule has 6 nitrogen and oxygen atoms in total. The second kappa shape index (κ2) is 6.43. The SMILES string of the molecule is Cc1nc2c(c(=O)n1C)CN(C(=O)CC[C@@H]1CCCN(C)C1)C2. The van der Waals surface area contributed by atoms with Crippen LogP contribution >= 0.6 is 0 Å². The van der Waals surface area contributed by atoms with Crippen molar-refractivity contribution in [3.63, 3.8) is 0 Å². The third kappa shape index (κ3) is 3.32. The minimum atomic E-state index is -0.0169. The van der Waals surface area contributed by atoms with Crippen molar-refractivity contribution in [2.75, 3.05) is 20.1 Å². The van der Waals surface area contributed by atoms with Crippen LogP contribution in [0, 0.1) is 12.8 Å². The van der Waals surface area contributed by atoms with Crippen molar-refractivity contribution in [1.82, 2.24) is 19.4 Å². The van der Waals surface area contributed by atoms with Gasteiger partial charge in [0.25, 0.3) is 5.56 Å². The van der Waals surface area contributed by atoms with Crippen LogP contribution in [0.15, 0.2) is 4.79 Å². The third-order valence-corrected chi connectivity index (χ3v) is 5.22. The highest BCUT2D eigenvalue weighted by Gasteiger charge is 2.28. The summed E-state index contributed by atoms with van der Waals surface area (Å²) < 4.78 is 1.56. The van der Waals surface area contributed by atoms with Crippen molar-refractivity contribution < 1.29 is 4.79 Å². The van der Waals surface area contributed by atoms with E-state index in [0.29, 0.717) is 36.8 Å². The number of carbonyl (C=O) groups is 1. The molecule has 0 saturated carbocycles. The van der Waals surface area contributed by atoms with E-state index < -0.39 is 0 Å². The molecule has 1 saturated heterocycles. The lowest BCUT2D eigenvalue weighted by atomic mass is 9.93. The van der Waals surface area contributed by atoms with Gasteiger partial charge in [-0.2, -0.15) is 0 Å². The number of aromatic nitrogens is 2. The van der Waals surface area contributed by atoms with Crippen LogP contribution in [-0.4, -0.2) is 45.4 Å². The zero-order chi connectivity index (χ0) is 16.6. The Morgan fingerprint density at radius 2 is 2.09 bits per heavy atom. The largest absolute Gasteiger partial charge is 0.332 e. The Morgan fingerprint density at radius 1 is 1.30 bits per heavy atom. The normalized spacial score (nSPS) is 21.5. The Kier molecular flexibility index (Phi) is 4.53. The molecule has 1 aromatic rings. The van der Waals surface area contributed by atoms with Crippen molar-refractivity contribution >= 4 is 5.91 Å². The zero-order valence-electron chi connectivity index (χ0n) is 14.3. The number of rotatable bonds is 3. The summed E-state index contributed by atoms with van der Waals surface area (Å²) in [7, 11) is 3.88. The lowest BCUT2D eigenvalue weighted by molar-refractivity contribution is -0.132. The Bertz CT molecular complexity index is 667. The van der Waals surface area contributed by atoms with Crippen LogP contribution in [0.3, 0.4) is 0 Å². The van der Waals surface area contributed by atoms with E-state index in [1.807, 2.05) is 6.92 Å². The predicted molar refractivity (Wildman–Crippen MR) is 87.9 cm³/mol. The molecule has 1 atom stereocenters. The van der Waals surface area contributed by atoms with Gasteiger partial charge >= 0.3 is 0 Å². The van der Waals surface area contributed by atoms with E-state index in [-0.39, 0.29) is 11.5 Å².